The van der Waals surface area contributed by atoms with Gasteiger partial charge in [0, 0.05) is 38.5 Å². The van der Waals surface area contributed by atoms with Crippen LogP contribution in [0.3, 0.4) is 0 Å². The number of hydrogen-bond donors (Lipinski definition) is 1. The quantitative estimate of drug-likeness (QED) is 0.852. The van der Waals surface area contributed by atoms with E-state index in [1.54, 1.807) is 6.92 Å². The van der Waals surface area contributed by atoms with E-state index in [9.17, 15) is 4.79 Å². The first-order chi connectivity index (χ1) is 13.7. The number of amides is 1. The molecule has 1 aliphatic carbocycles. The van der Waals surface area contributed by atoms with E-state index in [4.69, 9.17) is 0 Å². The van der Waals surface area contributed by atoms with E-state index in [2.05, 4.69) is 45.4 Å². The zero-order valence-corrected chi connectivity index (χ0v) is 17.3. The molecule has 1 aromatic carbocycles. The molecule has 152 valence electrons. The van der Waals surface area contributed by atoms with Gasteiger partial charge < -0.3 is 10.2 Å². The van der Waals surface area contributed by atoms with Crippen LogP contribution < -0.4 is 5.32 Å². The van der Waals surface area contributed by atoms with Gasteiger partial charge in [-0.1, -0.05) is 30.3 Å². The molecular formula is C24H35N3O. The van der Waals surface area contributed by atoms with Crippen LogP contribution in [0.25, 0.3) is 0 Å². The van der Waals surface area contributed by atoms with Crippen molar-refractivity contribution in [2.45, 2.75) is 57.5 Å². The number of piperidine rings is 1. The summed E-state index contributed by atoms with van der Waals surface area (Å²) < 4.78 is 0. The number of carbonyl (C=O) groups excluding carboxylic acids is 1. The topological polar surface area (TPSA) is 35.6 Å². The van der Waals surface area contributed by atoms with E-state index in [-0.39, 0.29) is 11.9 Å². The Morgan fingerprint density at radius 1 is 1.00 bits per heavy atom. The van der Waals surface area contributed by atoms with E-state index in [1.807, 2.05) is 0 Å². The standard InChI is InChI=1S/C24H35N3O/c1-18(28)27-16-20-15-26(17-22(20)23(27)19-5-3-2-4-6-19)21-7-9-24(10-8-21)11-13-25-14-12-24/h2-6,20-23,25H,7-17H2,1H3/t20-,22-,23-/m1/s1. The lowest BCUT2D eigenvalue weighted by molar-refractivity contribution is -0.130. The number of nitrogens with one attached hydrogen (secondary N) is 1. The molecule has 1 amide bonds. The summed E-state index contributed by atoms with van der Waals surface area (Å²) in [6, 6.07) is 11.8. The molecule has 3 saturated heterocycles. The summed E-state index contributed by atoms with van der Waals surface area (Å²) in [4.78, 5) is 17.3. The van der Waals surface area contributed by atoms with Crippen LogP contribution in [0.2, 0.25) is 0 Å². The average Bonchev–Trinajstić information content (AvgIpc) is 3.28. The minimum absolute atomic E-state index is 0.236. The summed E-state index contributed by atoms with van der Waals surface area (Å²) in [5, 5.41) is 3.54. The second-order valence-corrected chi connectivity index (χ2v) is 9.89. The van der Waals surface area contributed by atoms with E-state index in [1.165, 1.54) is 70.3 Å². The predicted molar refractivity (Wildman–Crippen MR) is 112 cm³/mol. The molecule has 3 aliphatic heterocycles. The van der Waals surface area contributed by atoms with Crippen molar-refractivity contribution in [2.24, 2.45) is 17.3 Å². The van der Waals surface area contributed by atoms with Gasteiger partial charge in [-0.15, -0.1) is 0 Å². The lowest BCUT2D eigenvalue weighted by Gasteiger charge is -2.45. The summed E-state index contributed by atoms with van der Waals surface area (Å²) in [7, 11) is 0. The van der Waals surface area contributed by atoms with Gasteiger partial charge in [-0.05, 0) is 68.5 Å². The minimum Gasteiger partial charge on any atom is -0.335 e. The first-order valence-electron chi connectivity index (χ1n) is 11.4. The summed E-state index contributed by atoms with van der Waals surface area (Å²) in [6.45, 7) is 7.49. The van der Waals surface area contributed by atoms with Crippen LogP contribution in [0.1, 0.15) is 57.1 Å². The van der Waals surface area contributed by atoms with Gasteiger partial charge in [0.15, 0.2) is 0 Å². The summed E-state index contributed by atoms with van der Waals surface area (Å²) >= 11 is 0. The van der Waals surface area contributed by atoms with Gasteiger partial charge in [0.1, 0.15) is 0 Å². The maximum atomic E-state index is 12.3. The molecule has 0 unspecified atom stereocenters. The molecule has 4 heteroatoms. The Labute approximate surface area is 169 Å². The van der Waals surface area contributed by atoms with Gasteiger partial charge in [-0.2, -0.15) is 0 Å². The molecule has 3 heterocycles. The number of benzene rings is 1. The third-order valence-corrected chi connectivity index (χ3v) is 8.43. The van der Waals surface area contributed by atoms with Gasteiger partial charge in [0.2, 0.25) is 5.91 Å². The van der Waals surface area contributed by atoms with Gasteiger partial charge in [0.05, 0.1) is 6.04 Å². The first-order valence-corrected chi connectivity index (χ1v) is 11.4. The van der Waals surface area contributed by atoms with Crippen LogP contribution >= 0.6 is 0 Å². The molecule has 4 fully saturated rings. The highest BCUT2D eigenvalue weighted by atomic mass is 16.2. The predicted octanol–water partition coefficient (Wildman–Crippen LogP) is 3.45. The van der Waals surface area contributed by atoms with Gasteiger partial charge in [0.25, 0.3) is 0 Å². The van der Waals surface area contributed by atoms with Crippen LogP contribution in [0.4, 0.5) is 0 Å². The molecule has 1 spiro atoms. The Kier molecular flexibility index (Phi) is 4.96. The van der Waals surface area contributed by atoms with Crippen molar-refractivity contribution >= 4 is 5.91 Å². The van der Waals surface area contributed by atoms with Crippen molar-refractivity contribution in [3.8, 4) is 0 Å². The van der Waals surface area contributed by atoms with Crippen molar-refractivity contribution in [1.82, 2.24) is 15.1 Å². The molecular weight excluding hydrogens is 346 g/mol. The first kappa shape index (κ1) is 18.6. The van der Waals surface area contributed by atoms with Crippen LogP contribution in [-0.4, -0.2) is 54.5 Å². The Hall–Kier alpha value is -1.39. The molecule has 1 saturated carbocycles. The molecule has 4 nitrogen and oxygen atoms in total. The number of likely N-dealkylation sites (tertiary alicyclic amines) is 2. The van der Waals surface area contributed by atoms with E-state index in [0.717, 1.165) is 12.6 Å². The second kappa shape index (κ2) is 7.46. The van der Waals surface area contributed by atoms with Crippen molar-refractivity contribution in [1.29, 1.82) is 0 Å². The van der Waals surface area contributed by atoms with Gasteiger partial charge in [-0.25, -0.2) is 0 Å². The Balaban J connectivity index is 1.27. The van der Waals surface area contributed by atoms with Crippen LogP contribution in [0.5, 0.6) is 0 Å². The second-order valence-electron chi connectivity index (χ2n) is 9.89. The van der Waals surface area contributed by atoms with Crippen molar-refractivity contribution in [3.05, 3.63) is 35.9 Å². The SMILES string of the molecule is CC(=O)N1C[C@H]2CN(C3CCC4(CCNCC4)CC3)C[C@H]2[C@H]1c1ccccc1. The highest BCUT2D eigenvalue weighted by molar-refractivity contribution is 5.74. The van der Waals surface area contributed by atoms with E-state index < -0.39 is 0 Å². The highest BCUT2D eigenvalue weighted by Gasteiger charge is 2.50. The molecule has 1 aromatic rings. The van der Waals surface area contributed by atoms with Crippen molar-refractivity contribution < 1.29 is 4.79 Å². The van der Waals surface area contributed by atoms with Crippen molar-refractivity contribution in [2.75, 3.05) is 32.7 Å². The van der Waals surface area contributed by atoms with Crippen LogP contribution in [-0.2, 0) is 4.79 Å². The molecule has 1 N–H and O–H groups in total. The number of carbonyl (C=O) groups is 1. The van der Waals surface area contributed by atoms with E-state index >= 15 is 0 Å². The van der Waals surface area contributed by atoms with Gasteiger partial charge in [-0.3, -0.25) is 9.69 Å². The highest BCUT2D eigenvalue weighted by Crippen LogP contribution is 2.49. The van der Waals surface area contributed by atoms with Gasteiger partial charge >= 0.3 is 0 Å². The molecule has 3 atom stereocenters. The fourth-order valence-electron chi connectivity index (χ4n) is 6.82. The number of hydrogen-bond acceptors (Lipinski definition) is 3. The zero-order valence-electron chi connectivity index (χ0n) is 17.3. The van der Waals surface area contributed by atoms with Crippen LogP contribution in [0, 0.1) is 17.3 Å². The van der Waals surface area contributed by atoms with Crippen LogP contribution in [0.15, 0.2) is 30.3 Å². The normalized spacial score (nSPS) is 33.3. The molecule has 0 aromatic heterocycles. The molecule has 28 heavy (non-hydrogen) atoms. The molecule has 4 aliphatic rings. The largest absolute Gasteiger partial charge is 0.335 e. The third kappa shape index (κ3) is 3.29. The molecule has 0 radical (unpaired) electrons. The number of nitrogens with zero attached hydrogens (tertiary/aromatic N) is 2. The monoisotopic (exact) mass is 381 g/mol. The maximum Gasteiger partial charge on any atom is 0.219 e. The Morgan fingerprint density at radius 3 is 2.39 bits per heavy atom. The average molecular weight is 382 g/mol. The fraction of sp³-hybridized carbons (Fsp3) is 0.708. The Bertz CT molecular complexity index is 689. The lowest BCUT2D eigenvalue weighted by Crippen LogP contribution is -2.45. The summed E-state index contributed by atoms with van der Waals surface area (Å²) in [5.41, 5.74) is 1.97. The minimum atomic E-state index is 0.236. The smallest absolute Gasteiger partial charge is 0.219 e. The van der Waals surface area contributed by atoms with E-state index in [0.29, 0.717) is 17.3 Å². The fourth-order valence-corrected chi connectivity index (χ4v) is 6.82. The zero-order chi connectivity index (χ0) is 19.1. The lowest BCUT2D eigenvalue weighted by atomic mass is 9.67. The summed E-state index contributed by atoms with van der Waals surface area (Å²) in [6.07, 6.45) is 8.38. The number of rotatable bonds is 2. The molecule has 0 bridgehead atoms. The Morgan fingerprint density at radius 2 is 1.71 bits per heavy atom. The maximum absolute atomic E-state index is 12.3. The third-order valence-electron chi connectivity index (χ3n) is 8.43. The number of fused-ring (bicyclic) bond motifs is 1. The molecule has 5 rings (SSSR count). The van der Waals surface area contributed by atoms with Crippen molar-refractivity contribution in [3.63, 3.8) is 0 Å². The summed E-state index contributed by atoms with van der Waals surface area (Å²) in [5.74, 6) is 1.48.